The summed E-state index contributed by atoms with van der Waals surface area (Å²) in [7, 11) is 1.76. The Morgan fingerprint density at radius 1 is 1.03 bits per heavy atom. The summed E-state index contributed by atoms with van der Waals surface area (Å²) in [6.45, 7) is 4.61. The second kappa shape index (κ2) is 10.7. The van der Waals surface area contributed by atoms with Gasteiger partial charge in [0.2, 0.25) is 5.91 Å². The maximum Gasteiger partial charge on any atom is 0.233 e. The minimum absolute atomic E-state index is 0.00516. The number of carbonyl (C=O) groups is 1. The maximum atomic E-state index is 14.7. The number of ether oxygens (including phenoxy) is 1. The first-order valence-corrected chi connectivity index (χ1v) is 15.3. The van der Waals surface area contributed by atoms with Crippen LogP contribution in [0.15, 0.2) is 46.9 Å². The number of hydrogen-bond donors (Lipinski definition) is 2. The van der Waals surface area contributed by atoms with Gasteiger partial charge in [0.1, 0.15) is 23.6 Å². The molecular formula is C31H42BrN3O2+2. The smallest absolute Gasteiger partial charge is 0.233 e. The van der Waals surface area contributed by atoms with E-state index in [4.69, 9.17) is 4.74 Å². The van der Waals surface area contributed by atoms with Crippen LogP contribution >= 0.6 is 15.9 Å². The molecule has 1 saturated carbocycles. The first-order valence-electron chi connectivity index (χ1n) is 14.5. The summed E-state index contributed by atoms with van der Waals surface area (Å²) in [5, 5.41) is 4.79. The van der Waals surface area contributed by atoms with E-state index in [-0.39, 0.29) is 11.3 Å². The van der Waals surface area contributed by atoms with Crippen molar-refractivity contribution >= 4 is 21.8 Å². The molecule has 5 nitrogen and oxygen atoms in total. The number of carbonyl (C=O) groups excluding carboxylic acids is 1. The lowest BCUT2D eigenvalue weighted by atomic mass is 9.67. The Bertz CT molecular complexity index is 1120. The summed E-state index contributed by atoms with van der Waals surface area (Å²) < 4.78 is 6.92. The van der Waals surface area contributed by atoms with Gasteiger partial charge in [0.05, 0.1) is 32.3 Å². The van der Waals surface area contributed by atoms with Crippen LogP contribution in [0.4, 0.5) is 0 Å². The molecule has 3 fully saturated rings. The van der Waals surface area contributed by atoms with Crippen LogP contribution in [0.25, 0.3) is 0 Å². The van der Waals surface area contributed by atoms with Gasteiger partial charge in [0.15, 0.2) is 0 Å². The monoisotopic (exact) mass is 567 g/mol. The van der Waals surface area contributed by atoms with Gasteiger partial charge in [-0.3, -0.25) is 4.79 Å². The second-order valence-corrected chi connectivity index (χ2v) is 12.7. The van der Waals surface area contributed by atoms with Gasteiger partial charge in [-0.25, -0.2) is 0 Å². The number of fused-ring (bicyclic) bond motifs is 2. The highest BCUT2D eigenvalue weighted by molar-refractivity contribution is 9.10. The number of likely N-dealkylation sites (tertiary alicyclic amines) is 1. The molecule has 6 heteroatoms. The molecule has 4 aliphatic rings. The van der Waals surface area contributed by atoms with Gasteiger partial charge in [-0.15, -0.1) is 0 Å². The third kappa shape index (κ3) is 4.53. The van der Waals surface area contributed by atoms with E-state index < -0.39 is 0 Å². The zero-order valence-corrected chi connectivity index (χ0v) is 23.7. The van der Waals surface area contributed by atoms with Crippen molar-refractivity contribution in [1.29, 1.82) is 0 Å². The van der Waals surface area contributed by atoms with E-state index >= 15 is 0 Å². The zero-order valence-electron chi connectivity index (χ0n) is 22.1. The van der Waals surface area contributed by atoms with Crippen molar-refractivity contribution in [3.05, 3.63) is 63.6 Å². The third-order valence-corrected chi connectivity index (χ3v) is 10.7. The predicted molar refractivity (Wildman–Crippen MR) is 149 cm³/mol. The Kier molecular flexibility index (Phi) is 7.34. The molecule has 198 valence electrons. The normalized spacial score (nSPS) is 30.3. The number of amides is 1. The molecule has 3 aliphatic heterocycles. The molecule has 1 amide bonds. The van der Waals surface area contributed by atoms with E-state index in [9.17, 15) is 4.79 Å². The molecule has 1 aliphatic carbocycles. The molecule has 37 heavy (non-hydrogen) atoms. The lowest BCUT2D eigenvalue weighted by molar-refractivity contribution is -0.691. The average Bonchev–Trinajstić information content (AvgIpc) is 3.37. The molecule has 0 aromatic heterocycles. The molecule has 0 unspecified atom stereocenters. The van der Waals surface area contributed by atoms with E-state index in [0.29, 0.717) is 23.8 Å². The molecule has 4 N–H and O–H groups in total. The summed E-state index contributed by atoms with van der Waals surface area (Å²) in [6, 6.07) is 15.6. The van der Waals surface area contributed by atoms with Crippen molar-refractivity contribution in [1.82, 2.24) is 4.90 Å². The number of nitrogens with zero attached hydrogens (tertiary/aromatic N) is 1. The number of piperidine rings is 1. The largest absolute Gasteiger partial charge is 0.496 e. The van der Waals surface area contributed by atoms with Crippen LogP contribution in [0.3, 0.4) is 0 Å². The molecule has 3 heterocycles. The Morgan fingerprint density at radius 2 is 1.81 bits per heavy atom. The van der Waals surface area contributed by atoms with E-state index in [0.717, 1.165) is 55.8 Å². The van der Waals surface area contributed by atoms with Crippen molar-refractivity contribution in [3.8, 4) is 5.75 Å². The number of quaternary nitrogens is 2. The SMILES string of the molecule is COc1ccc(Br)c2c1C[NH2+]C[C@]21C[NH2+]C[C@H]1C(=O)N1CC[C@@H](c2ccccc2)C[C@H]1C1CCCCC1. The van der Waals surface area contributed by atoms with Crippen LogP contribution in [-0.2, 0) is 16.8 Å². The van der Waals surface area contributed by atoms with Crippen molar-refractivity contribution in [2.75, 3.05) is 33.3 Å². The Hall–Kier alpha value is -1.89. The van der Waals surface area contributed by atoms with Crippen LogP contribution in [0, 0.1) is 11.8 Å². The second-order valence-electron chi connectivity index (χ2n) is 11.9. The van der Waals surface area contributed by atoms with Crippen molar-refractivity contribution in [3.63, 3.8) is 0 Å². The van der Waals surface area contributed by atoms with E-state index in [2.05, 4.69) is 73.9 Å². The zero-order chi connectivity index (χ0) is 25.4. The molecule has 2 aromatic carbocycles. The average molecular weight is 569 g/mol. The van der Waals surface area contributed by atoms with Crippen molar-refractivity contribution in [2.45, 2.75) is 68.9 Å². The maximum absolute atomic E-state index is 14.7. The van der Waals surface area contributed by atoms with Gasteiger partial charge in [-0.05, 0) is 60.8 Å². The number of hydrogen-bond acceptors (Lipinski definition) is 2. The predicted octanol–water partition coefficient (Wildman–Crippen LogP) is 3.32. The first kappa shape index (κ1) is 25.4. The molecule has 4 atom stereocenters. The van der Waals surface area contributed by atoms with Crippen LogP contribution in [0.5, 0.6) is 5.75 Å². The standard InChI is InChI=1S/C31H40BrN3O2/c1-37-28-13-12-26(32)29-24(28)17-33-19-31(29)20-34-18-25(31)30(36)35-15-14-23(21-8-4-2-5-9-21)16-27(35)22-10-6-3-7-11-22/h2,4-5,8-9,12-13,22-23,25,27,33-34H,3,6-7,10-11,14-20H2,1H3/p+2/t23-,25+,27+,31-/m1/s1. The van der Waals surface area contributed by atoms with Crippen LogP contribution in [0.2, 0.25) is 0 Å². The summed E-state index contributed by atoms with van der Waals surface area (Å²) in [5.41, 5.74) is 3.89. The molecule has 0 bridgehead atoms. The lowest BCUT2D eigenvalue weighted by Gasteiger charge is -2.47. The highest BCUT2D eigenvalue weighted by atomic mass is 79.9. The number of nitrogens with two attached hydrogens (primary N) is 2. The number of halogens is 1. The Morgan fingerprint density at radius 3 is 2.59 bits per heavy atom. The van der Waals surface area contributed by atoms with Crippen LogP contribution in [0.1, 0.15) is 67.6 Å². The summed E-state index contributed by atoms with van der Waals surface area (Å²) in [5.74, 6) is 2.57. The molecule has 1 spiro atoms. The minimum atomic E-state index is -0.161. The quantitative estimate of drug-likeness (QED) is 0.595. The van der Waals surface area contributed by atoms with Crippen LogP contribution < -0.4 is 15.4 Å². The minimum Gasteiger partial charge on any atom is -0.496 e. The van der Waals surface area contributed by atoms with E-state index in [1.54, 1.807) is 7.11 Å². The van der Waals surface area contributed by atoms with Gasteiger partial charge in [-0.2, -0.15) is 0 Å². The topological polar surface area (TPSA) is 62.8 Å². The van der Waals surface area contributed by atoms with Crippen LogP contribution in [-0.4, -0.2) is 50.1 Å². The van der Waals surface area contributed by atoms with Gasteiger partial charge < -0.3 is 20.3 Å². The molecule has 2 aromatic rings. The van der Waals surface area contributed by atoms with Crippen molar-refractivity contribution in [2.24, 2.45) is 11.8 Å². The van der Waals surface area contributed by atoms with Gasteiger partial charge in [-0.1, -0.05) is 65.5 Å². The highest BCUT2D eigenvalue weighted by Crippen LogP contribution is 2.46. The molecule has 0 radical (unpaired) electrons. The fourth-order valence-electron chi connectivity index (χ4n) is 8.29. The van der Waals surface area contributed by atoms with Gasteiger partial charge in [0.25, 0.3) is 0 Å². The summed E-state index contributed by atoms with van der Waals surface area (Å²) >= 11 is 3.90. The number of rotatable bonds is 4. The van der Waals surface area contributed by atoms with Gasteiger partial charge in [0, 0.05) is 17.1 Å². The highest BCUT2D eigenvalue weighted by Gasteiger charge is 2.58. The van der Waals surface area contributed by atoms with E-state index in [1.807, 2.05) is 0 Å². The first-order chi connectivity index (χ1) is 18.1. The van der Waals surface area contributed by atoms with Crippen molar-refractivity contribution < 1.29 is 20.2 Å². The lowest BCUT2D eigenvalue weighted by Crippen LogP contribution is -2.91. The number of methoxy groups -OCH3 is 1. The molecule has 6 rings (SSSR count). The molecule has 2 saturated heterocycles. The Labute approximate surface area is 229 Å². The fourth-order valence-corrected chi connectivity index (χ4v) is 9.05. The van der Waals surface area contributed by atoms with Gasteiger partial charge >= 0.3 is 0 Å². The Balaban J connectivity index is 1.33. The molecular weight excluding hydrogens is 526 g/mol. The fraction of sp³-hybridized carbons (Fsp3) is 0.581. The summed E-state index contributed by atoms with van der Waals surface area (Å²) in [4.78, 5) is 17.1. The number of benzene rings is 2. The van der Waals surface area contributed by atoms with E-state index in [1.165, 1.54) is 48.8 Å². The third-order valence-electron chi connectivity index (χ3n) is 10.1. The summed E-state index contributed by atoms with van der Waals surface area (Å²) in [6.07, 6.45) is 8.72.